The van der Waals surface area contributed by atoms with E-state index in [2.05, 4.69) is 20.9 Å². The van der Waals surface area contributed by atoms with E-state index >= 15 is 0 Å². The van der Waals surface area contributed by atoms with Gasteiger partial charge in [-0.15, -0.1) is 0 Å². The predicted octanol–water partition coefficient (Wildman–Crippen LogP) is 1.98. The van der Waals surface area contributed by atoms with E-state index in [-0.39, 0.29) is 5.78 Å². The molecule has 0 aliphatic heterocycles. The number of carbonyl (C=O) groups excluding carboxylic acids is 1. The minimum Gasteiger partial charge on any atom is -0.299 e. The molecule has 0 unspecified atom stereocenters. The van der Waals surface area contributed by atoms with Gasteiger partial charge in [-0.3, -0.25) is 9.78 Å². The quantitative estimate of drug-likeness (QED) is 0.737. The van der Waals surface area contributed by atoms with Crippen LogP contribution >= 0.6 is 15.9 Å². The molecule has 0 bridgehead atoms. The maximum Gasteiger partial charge on any atom is 0.138 e. The molecule has 1 aromatic rings. The number of rotatable bonds is 4. The monoisotopic (exact) mass is 227 g/mol. The van der Waals surface area contributed by atoms with Crippen LogP contribution in [0.2, 0.25) is 0 Å². The first-order chi connectivity index (χ1) is 5.83. The van der Waals surface area contributed by atoms with Crippen molar-refractivity contribution in [1.82, 2.24) is 4.98 Å². The molecule has 0 spiro atoms. The minimum atomic E-state index is 0.262. The van der Waals surface area contributed by atoms with Gasteiger partial charge in [0.2, 0.25) is 0 Å². The molecule has 0 radical (unpaired) electrons. The lowest BCUT2D eigenvalue weighted by molar-refractivity contribution is -0.118. The van der Waals surface area contributed by atoms with Gasteiger partial charge in [-0.25, -0.2) is 0 Å². The van der Waals surface area contributed by atoms with Gasteiger partial charge in [-0.1, -0.05) is 15.9 Å². The molecular weight excluding hydrogens is 218 g/mol. The normalized spacial score (nSPS) is 9.75. The highest BCUT2D eigenvalue weighted by Gasteiger charge is 2.01. The van der Waals surface area contributed by atoms with E-state index in [9.17, 15) is 4.79 Å². The molecule has 0 aromatic carbocycles. The number of alkyl halides is 1. The third kappa shape index (κ3) is 3.13. The van der Waals surface area contributed by atoms with E-state index in [4.69, 9.17) is 0 Å². The lowest BCUT2D eigenvalue weighted by atomic mass is 10.1. The number of hydrogen-bond donors (Lipinski definition) is 0. The van der Waals surface area contributed by atoms with Crippen molar-refractivity contribution in [1.29, 1.82) is 0 Å². The summed E-state index contributed by atoms with van der Waals surface area (Å²) in [4.78, 5) is 15.0. The van der Waals surface area contributed by atoms with Crippen molar-refractivity contribution in [2.24, 2.45) is 0 Å². The summed E-state index contributed by atoms with van der Waals surface area (Å²) in [5.74, 6) is 0.262. The molecule has 0 fully saturated rings. The summed E-state index contributed by atoms with van der Waals surface area (Å²) < 4.78 is 0. The second-order valence-electron chi connectivity index (χ2n) is 2.51. The summed E-state index contributed by atoms with van der Waals surface area (Å²) in [7, 11) is 0. The Labute approximate surface area is 80.1 Å². The van der Waals surface area contributed by atoms with E-state index < -0.39 is 0 Å². The zero-order chi connectivity index (χ0) is 8.81. The molecule has 2 nitrogen and oxygen atoms in total. The molecule has 64 valence electrons. The van der Waals surface area contributed by atoms with Gasteiger partial charge in [-0.2, -0.15) is 0 Å². The Hall–Kier alpha value is -0.700. The first-order valence-corrected chi connectivity index (χ1v) is 4.91. The van der Waals surface area contributed by atoms with Crippen LogP contribution in [0.25, 0.3) is 0 Å². The lowest BCUT2D eigenvalue weighted by Gasteiger charge is -1.97. The van der Waals surface area contributed by atoms with Gasteiger partial charge in [0.05, 0.1) is 0 Å². The van der Waals surface area contributed by atoms with Gasteiger partial charge >= 0.3 is 0 Å². The number of aromatic nitrogens is 1. The first kappa shape index (κ1) is 9.39. The zero-order valence-corrected chi connectivity index (χ0v) is 8.25. The molecule has 0 aliphatic carbocycles. The number of nitrogens with zero attached hydrogens (tertiary/aromatic N) is 1. The molecule has 0 saturated heterocycles. The van der Waals surface area contributed by atoms with E-state index in [0.29, 0.717) is 12.8 Å². The minimum absolute atomic E-state index is 0.262. The van der Waals surface area contributed by atoms with Gasteiger partial charge < -0.3 is 0 Å². The number of pyridine rings is 1. The number of ketones is 1. The second kappa shape index (κ2) is 5.04. The summed E-state index contributed by atoms with van der Waals surface area (Å²) in [6.45, 7) is 0. The van der Waals surface area contributed by atoms with Gasteiger partial charge in [0.15, 0.2) is 0 Å². The summed E-state index contributed by atoms with van der Waals surface area (Å²) >= 11 is 3.23. The van der Waals surface area contributed by atoms with Crippen molar-refractivity contribution in [3.63, 3.8) is 0 Å². The molecular formula is C9H10BrNO. The summed E-state index contributed by atoms with van der Waals surface area (Å²) in [6, 6.07) is 3.73. The summed E-state index contributed by atoms with van der Waals surface area (Å²) in [5.41, 5.74) is 1.04. The Bertz CT molecular complexity index is 248. The van der Waals surface area contributed by atoms with Crippen LogP contribution in [0.3, 0.4) is 0 Å². The number of halogens is 1. The van der Waals surface area contributed by atoms with Crippen LogP contribution in [-0.4, -0.2) is 16.1 Å². The lowest BCUT2D eigenvalue weighted by Crippen LogP contribution is -2.02. The van der Waals surface area contributed by atoms with E-state index in [1.54, 1.807) is 12.4 Å². The number of carbonyl (C=O) groups is 1. The van der Waals surface area contributed by atoms with Gasteiger partial charge in [0.1, 0.15) is 5.78 Å². The molecule has 1 heterocycles. The second-order valence-corrected chi connectivity index (χ2v) is 3.30. The van der Waals surface area contributed by atoms with Crippen molar-refractivity contribution in [3.8, 4) is 0 Å². The molecule has 0 atom stereocenters. The fourth-order valence-electron chi connectivity index (χ4n) is 0.922. The Morgan fingerprint density at radius 2 is 2.08 bits per heavy atom. The largest absolute Gasteiger partial charge is 0.299 e. The van der Waals surface area contributed by atoms with Crippen LogP contribution in [0.1, 0.15) is 12.0 Å². The molecule has 0 N–H and O–H groups in total. The topological polar surface area (TPSA) is 30.0 Å². The van der Waals surface area contributed by atoms with Crippen LogP contribution in [0, 0.1) is 0 Å². The van der Waals surface area contributed by atoms with Crippen molar-refractivity contribution in [2.75, 3.05) is 5.33 Å². The fraction of sp³-hybridized carbons (Fsp3) is 0.333. The molecule has 12 heavy (non-hydrogen) atoms. The average molecular weight is 228 g/mol. The Morgan fingerprint density at radius 3 is 2.67 bits per heavy atom. The van der Waals surface area contributed by atoms with Crippen molar-refractivity contribution in [2.45, 2.75) is 12.8 Å². The van der Waals surface area contributed by atoms with Crippen LogP contribution in [0.4, 0.5) is 0 Å². The predicted molar refractivity (Wildman–Crippen MR) is 51.4 cm³/mol. The molecule has 0 amide bonds. The average Bonchev–Trinajstić information content (AvgIpc) is 2.06. The molecule has 0 saturated carbocycles. The van der Waals surface area contributed by atoms with Crippen LogP contribution in [-0.2, 0) is 11.2 Å². The molecule has 1 rings (SSSR count). The van der Waals surface area contributed by atoms with Crippen molar-refractivity contribution >= 4 is 21.7 Å². The van der Waals surface area contributed by atoms with E-state index in [1.165, 1.54) is 0 Å². The number of hydrogen-bond acceptors (Lipinski definition) is 2. The van der Waals surface area contributed by atoms with Gasteiger partial charge in [-0.05, 0) is 17.7 Å². The highest BCUT2D eigenvalue weighted by Crippen LogP contribution is 2.01. The van der Waals surface area contributed by atoms with Gasteiger partial charge in [0, 0.05) is 30.6 Å². The maximum absolute atomic E-state index is 11.2. The molecule has 3 heteroatoms. The maximum atomic E-state index is 11.2. The first-order valence-electron chi connectivity index (χ1n) is 3.79. The third-order valence-electron chi connectivity index (χ3n) is 1.52. The third-order valence-corrected chi connectivity index (χ3v) is 1.92. The van der Waals surface area contributed by atoms with Crippen LogP contribution in [0.5, 0.6) is 0 Å². The summed E-state index contributed by atoms with van der Waals surface area (Å²) in [6.07, 6.45) is 4.53. The number of Topliss-reactive ketones (excluding diaryl/α,β-unsaturated/α-hetero) is 1. The Kier molecular flexibility index (Phi) is 3.94. The smallest absolute Gasteiger partial charge is 0.138 e. The van der Waals surface area contributed by atoms with Crippen molar-refractivity contribution in [3.05, 3.63) is 30.1 Å². The fourth-order valence-corrected chi connectivity index (χ4v) is 1.36. The van der Waals surface area contributed by atoms with E-state index in [0.717, 1.165) is 10.9 Å². The van der Waals surface area contributed by atoms with Crippen LogP contribution in [0.15, 0.2) is 24.5 Å². The van der Waals surface area contributed by atoms with Crippen LogP contribution < -0.4 is 0 Å². The highest BCUT2D eigenvalue weighted by molar-refractivity contribution is 9.09. The Morgan fingerprint density at radius 1 is 1.42 bits per heavy atom. The highest BCUT2D eigenvalue weighted by atomic mass is 79.9. The molecule has 0 aliphatic rings. The van der Waals surface area contributed by atoms with Gasteiger partial charge in [0.25, 0.3) is 0 Å². The molecule has 1 aromatic heterocycles. The Balaban J connectivity index is 2.47. The van der Waals surface area contributed by atoms with E-state index in [1.807, 2.05) is 12.1 Å². The summed E-state index contributed by atoms with van der Waals surface area (Å²) in [5, 5.41) is 0.747. The SMILES string of the molecule is O=C(CCBr)Cc1ccncc1. The zero-order valence-electron chi connectivity index (χ0n) is 6.66. The van der Waals surface area contributed by atoms with Crippen molar-refractivity contribution < 1.29 is 4.79 Å². The standard InChI is InChI=1S/C9H10BrNO/c10-4-1-9(12)7-8-2-5-11-6-3-8/h2-3,5-6H,1,4,7H2.